The molecular weight excluding hydrogens is 493 g/mol. The summed E-state index contributed by atoms with van der Waals surface area (Å²) in [5.74, 6) is 2.48. The quantitative estimate of drug-likeness (QED) is 0.227. The van der Waals surface area contributed by atoms with Crippen molar-refractivity contribution in [2.45, 2.75) is 39.7 Å². The predicted molar refractivity (Wildman–Crippen MR) is 131 cm³/mol. The van der Waals surface area contributed by atoms with Crippen LogP contribution in [0.1, 0.15) is 47.3 Å². The van der Waals surface area contributed by atoms with Gasteiger partial charge < -0.3 is 20.1 Å². The third-order valence-corrected chi connectivity index (χ3v) is 4.67. The molecule has 2 N–H and O–H groups in total. The number of aromatic nitrogens is 3. The molecule has 1 heterocycles. The first-order valence-electron chi connectivity index (χ1n) is 10.1. The average molecular weight is 527 g/mol. The number of amides is 1. The summed E-state index contributed by atoms with van der Waals surface area (Å²) in [4.78, 5) is 18.4. The number of halogens is 1. The summed E-state index contributed by atoms with van der Waals surface area (Å²) in [6.07, 6.45) is 3.00. The van der Waals surface area contributed by atoms with Crippen molar-refractivity contribution in [3.8, 4) is 0 Å². The van der Waals surface area contributed by atoms with Crippen molar-refractivity contribution in [3.05, 3.63) is 47.0 Å². The molecule has 0 unspecified atom stereocenters. The highest BCUT2D eigenvalue weighted by Crippen LogP contribution is 2.08. The maximum atomic E-state index is 12.1. The highest BCUT2D eigenvalue weighted by molar-refractivity contribution is 14.0. The molecule has 0 saturated heterocycles. The van der Waals surface area contributed by atoms with Gasteiger partial charge in [0.05, 0.1) is 0 Å². The Bertz CT molecular complexity index is 833. The second kappa shape index (κ2) is 13.2. The van der Waals surface area contributed by atoms with E-state index < -0.39 is 0 Å². The summed E-state index contributed by atoms with van der Waals surface area (Å²) >= 11 is 0. The fourth-order valence-electron chi connectivity index (χ4n) is 2.74. The number of rotatable bonds is 9. The molecule has 166 valence electrons. The molecule has 0 atom stereocenters. The minimum Gasteiger partial charge on any atom is -0.356 e. The normalized spacial score (nSPS) is 11.0. The van der Waals surface area contributed by atoms with Crippen LogP contribution in [-0.4, -0.2) is 58.7 Å². The number of aliphatic imine (C=N–C) groups is 1. The monoisotopic (exact) mass is 527 g/mol. The Morgan fingerprint density at radius 1 is 1.20 bits per heavy atom. The topological polar surface area (TPSA) is 87.4 Å². The molecule has 0 aliphatic rings. The van der Waals surface area contributed by atoms with Crippen molar-refractivity contribution in [2.24, 2.45) is 12.0 Å². The molecule has 2 aromatic rings. The maximum Gasteiger partial charge on any atom is 0.253 e. The Labute approximate surface area is 196 Å². The molecule has 1 aromatic carbocycles. The van der Waals surface area contributed by atoms with Gasteiger partial charge in [-0.3, -0.25) is 4.79 Å². The lowest BCUT2D eigenvalue weighted by Gasteiger charge is -2.13. The maximum absolute atomic E-state index is 12.1. The Hall–Kier alpha value is -2.17. The molecular formula is C21H34IN7O. The molecule has 1 aromatic heterocycles. The van der Waals surface area contributed by atoms with E-state index in [0.717, 1.165) is 55.5 Å². The molecule has 0 aliphatic heterocycles. The van der Waals surface area contributed by atoms with Gasteiger partial charge in [-0.2, -0.15) is 0 Å². The van der Waals surface area contributed by atoms with Gasteiger partial charge in [0.2, 0.25) is 0 Å². The van der Waals surface area contributed by atoms with Crippen LogP contribution in [0.15, 0.2) is 29.3 Å². The number of unbranched alkanes of at least 4 members (excludes halogenated alkanes) is 1. The lowest BCUT2D eigenvalue weighted by atomic mass is 10.1. The summed E-state index contributed by atoms with van der Waals surface area (Å²) in [5, 5.41) is 15.0. The Balaban J connectivity index is 0.00000450. The van der Waals surface area contributed by atoms with Crippen molar-refractivity contribution < 1.29 is 4.79 Å². The summed E-state index contributed by atoms with van der Waals surface area (Å²) < 4.78 is 1.94. The standard InChI is InChI=1S/C21H33N7O.HI/c1-6-7-12-22-21(24-15-19-26-25-16(2)28(19)5)23-13-11-17-9-8-10-18(14-17)20(29)27(3)4;/h8-10,14H,6-7,11-13,15H2,1-5H3,(H2,22,23,24);1H. The molecule has 0 saturated carbocycles. The van der Waals surface area contributed by atoms with Gasteiger partial charge in [-0.15, -0.1) is 34.2 Å². The second-order valence-corrected chi connectivity index (χ2v) is 7.24. The summed E-state index contributed by atoms with van der Waals surface area (Å²) in [5.41, 5.74) is 1.82. The lowest BCUT2D eigenvalue weighted by Crippen LogP contribution is -2.39. The van der Waals surface area contributed by atoms with E-state index in [4.69, 9.17) is 0 Å². The number of hydrogen-bond acceptors (Lipinski definition) is 4. The molecule has 8 nitrogen and oxygen atoms in total. The first-order valence-corrected chi connectivity index (χ1v) is 10.1. The van der Waals surface area contributed by atoms with Crippen LogP contribution in [0.4, 0.5) is 0 Å². The number of guanidine groups is 1. The van der Waals surface area contributed by atoms with Gasteiger partial charge in [-0.25, -0.2) is 4.99 Å². The van der Waals surface area contributed by atoms with E-state index in [-0.39, 0.29) is 29.9 Å². The molecule has 0 spiro atoms. The van der Waals surface area contributed by atoms with Gasteiger partial charge >= 0.3 is 0 Å². The van der Waals surface area contributed by atoms with E-state index in [9.17, 15) is 4.79 Å². The van der Waals surface area contributed by atoms with Gasteiger partial charge in [-0.05, 0) is 37.5 Å². The SMILES string of the molecule is CCCCNC(=NCc1nnc(C)n1C)NCCc1cccc(C(=O)N(C)C)c1.I. The molecule has 2 rings (SSSR count). The highest BCUT2D eigenvalue weighted by Gasteiger charge is 2.08. The van der Waals surface area contributed by atoms with Crippen LogP contribution in [0.25, 0.3) is 0 Å². The molecule has 0 aliphatic carbocycles. The van der Waals surface area contributed by atoms with Gasteiger partial charge in [-0.1, -0.05) is 25.5 Å². The van der Waals surface area contributed by atoms with Gasteiger partial charge in [0, 0.05) is 39.8 Å². The zero-order valence-electron chi connectivity index (χ0n) is 18.6. The van der Waals surface area contributed by atoms with E-state index in [1.807, 2.05) is 42.8 Å². The van der Waals surface area contributed by atoms with Crippen LogP contribution < -0.4 is 10.6 Å². The second-order valence-electron chi connectivity index (χ2n) is 7.24. The molecule has 9 heteroatoms. The Kier molecular flexibility index (Phi) is 11.4. The fraction of sp³-hybridized carbons (Fsp3) is 0.524. The lowest BCUT2D eigenvalue weighted by molar-refractivity contribution is 0.0827. The zero-order valence-corrected chi connectivity index (χ0v) is 20.9. The van der Waals surface area contributed by atoms with Crippen LogP contribution in [0.5, 0.6) is 0 Å². The fourth-order valence-corrected chi connectivity index (χ4v) is 2.74. The van der Waals surface area contributed by atoms with Crippen LogP contribution in [-0.2, 0) is 20.0 Å². The zero-order chi connectivity index (χ0) is 21.2. The predicted octanol–water partition coefficient (Wildman–Crippen LogP) is 2.52. The Morgan fingerprint density at radius 3 is 2.57 bits per heavy atom. The largest absolute Gasteiger partial charge is 0.356 e. The molecule has 0 bridgehead atoms. The minimum absolute atomic E-state index is 0. The van der Waals surface area contributed by atoms with E-state index in [0.29, 0.717) is 12.1 Å². The summed E-state index contributed by atoms with van der Waals surface area (Å²) in [6.45, 7) is 6.14. The van der Waals surface area contributed by atoms with Crippen molar-refractivity contribution in [3.63, 3.8) is 0 Å². The average Bonchev–Trinajstić information content (AvgIpc) is 3.03. The van der Waals surface area contributed by atoms with Crippen LogP contribution in [0, 0.1) is 6.92 Å². The Morgan fingerprint density at radius 2 is 1.93 bits per heavy atom. The van der Waals surface area contributed by atoms with Crippen LogP contribution in [0.3, 0.4) is 0 Å². The van der Waals surface area contributed by atoms with Gasteiger partial charge in [0.15, 0.2) is 11.8 Å². The smallest absolute Gasteiger partial charge is 0.253 e. The third kappa shape index (κ3) is 7.92. The van der Waals surface area contributed by atoms with Crippen molar-refractivity contribution >= 4 is 35.8 Å². The summed E-state index contributed by atoms with van der Waals surface area (Å²) in [6, 6.07) is 7.77. The minimum atomic E-state index is 0. The summed E-state index contributed by atoms with van der Waals surface area (Å²) in [7, 11) is 5.47. The number of carbonyl (C=O) groups is 1. The van der Waals surface area contributed by atoms with E-state index >= 15 is 0 Å². The highest BCUT2D eigenvalue weighted by atomic mass is 127. The van der Waals surface area contributed by atoms with Gasteiger partial charge in [0.25, 0.3) is 5.91 Å². The van der Waals surface area contributed by atoms with Crippen molar-refractivity contribution in [1.29, 1.82) is 0 Å². The third-order valence-electron chi connectivity index (χ3n) is 4.67. The number of hydrogen-bond donors (Lipinski definition) is 2. The molecule has 1 amide bonds. The number of nitrogens with one attached hydrogen (secondary N) is 2. The van der Waals surface area contributed by atoms with Crippen LogP contribution in [0.2, 0.25) is 0 Å². The number of benzene rings is 1. The number of nitrogens with zero attached hydrogens (tertiary/aromatic N) is 5. The van der Waals surface area contributed by atoms with E-state index in [2.05, 4.69) is 32.7 Å². The van der Waals surface area contributed by atoms with Crippen molar-refractivity contribution in [2.75, 3.05) is 27.2 Å². The first kappa shape index (κ1) is 25.9. The first-order chi connectivity index (χ1) is 13.9. The number of aryl methyl sites for hydroxylation is 1. The van der Waals surface area contributed by atoms with E-state index in [1.165, 1.54) is 0 Å². The molecule has 30 heavy (non-hydrogen) atoms. The number of carbonyl (C=O) groups excluding carboxylic acids is 1. The van der Waals surface area contributed by atoms with E-state index in [1.54, 1.807) is 19.0 Å². The van der Waals surface area contributed by atoms with Crippen LogP contribution >= 0.6 is 24.0 Å². The van der Waals surface area contributed by atoms with Crippen molar-refractivity contribution in [1.82, 2.24) is 30.3 Å². The molecule has 0 fully saturated rings. The molecule has 0 radical (unpaired) electrons. The van der Waals surface area contributed by atoms with Gasteiger partial charge in [0.1, 0.15) is 12.4 Å².